The van der Waals surface area contributed by atoms with Crippen LogP contribution in [0.3, 0.4) is 0 Å². The van der Waals surface area contributed by atoms with Crippen molar-refractivity contribution in [1.82, 2.24) is 60.0 Å². The highest BCUT2D eigenvalue weighted by Gasteiger charge is 1.91. The molecule has 0 saturated carbocycles. The molecule has 0 atom stereocenters. The van der Waals surface area contributed by atoms with Gasteiger partial charge in [0.1, 0.15) is 0 Å². The van der Waals surface area contributed by atoms with Crippen LogP contribution in [0.4, 0.5) is 0 Å². The zero-order valence-corrected chi connectivity index (χ0v) is 20.5. The molecule has 0 aliphatic heterocycles. The second kappa shape index (κ2) is 14.5. The summed E-state index contributed by atoms with van der Waals surface area (Å²) in [6, 6.07) is 0. The predicted molar refractivity (Wildman–Crippen MR) is 122 cm³/mol. The van der Waals surface area contributed by atoms with E-state index in [1.807, 2.05) is 66.6 Å². The summed E-state index contributed by atoms with van der Waals surface area (Å²) in [6.45, 7) is 13.9. The molecule has 32 heavy (non-hydrogen) atoms. The Bertz CT molecular complexity index is 833. The van der Waals surface area contributed by atoms with E-state index >= 15 is 0 Å². The van der Waals surface area contributed by atoms with Gasteiger partial charge in [0.25, 0.3) is 0 Å². The average Bonchev–Trinajstić information content (AvgIpc) is 3.58. The van der Waals surface area contributed by atoms with Gasteiger partial charge >= 0.3 is 0 Å². The fraction of sp³-hybridized carbons (Fsp3) is 0.600. The van der Waals surface area contributed by atoms with Crippen molar-refractivity contribution in [3.05, 3.63) is 47.6 Å². The maximum Gasteiger partial charge on any atom is 0.0824 e. The lowest BCUT2D eigenvalue weighted by atomic mass is 10.4. The molecule has 4 heterocycles. The standard InChI is InChI=1S/4C5H9N3/c2*1-3-5-4-8(2)7-6-5;2*1-3-8-4-5(2)6-7-8/h4*4H,3H2,1-2H3. The fourth-order valence-electron chi connectivity index (χ4n) is 2.21. The summed E-state index contributed by atoms with van der Waals surface area (Å²) in [5, 5.41) is 30.4. The molecular formula is C20H36N12. The van der Waals surface area contributed by atoms with Crippen molar-refractivity contribution in [2.24, 2.45) is 14.1 Å². The van der Waals surface area contributed by atoms with Gasteiger partial charge in [-0.2, -0.15) is 0 Å². The Balaban J connectivity index is 0.000000213. The first kappa shape index (κ1) is 26.6. The van der Waals surface area contributed by atoms with Gasteiger partial charge in [-0.05, 0) is 40.5 Å². The minimum Gasteiger partial charge on any atom is -0.255 e. The van der Waals surface area contributed by atoms with Gasteiger partial charge in [-0.1, -0.05) is 34.7 Å². The summed E-state index contributed by atoms with van der Waals surface area (Å²) < 4.78 is 7.02. The summed E-state index contributed by atoms with van der Waals surface area (Å²) in [7, 11) is 3.73. The zero-order valence-electron chi connectivity index (χ0n) is 20.5. The van der Waals surface area contributed by atoms with E-state index in [2.05, 4.69) is 55.1 Å². The quantitative estimate of drug-likeness (QED) is 0.468. The van der Waals surface area contributed by atoms with Gasteiger partial charge in [-0.25, -0.2) is 0 Å². The minimum atomic E-state index is 0.904. The summed E-state index contributed by atoms with van der Waals surface area (Å²) in [5.41, 5.74) is 4.05. The summed E-state index contributed by atoms with van der Waals surface area (Å²) >= 11 is 0. The Labute approximate surface area is 189 Å². The van der Waals surface area contributed by atoms with Gasteiger partial charge in [-0.3, -0.25) is 18.7 Å². The van der Waals surface area contributed by atoms with Crippen molar-refractivity contribution < 1.29 is 0 Å². The first-order chi connectivity index (χ1) is 15.3. The normalized spacial score (nSPS) is 9.75. The number of hydrogen-bond acceptors (Lipinski definition) is 8. The first-order valence-corrected chi connectivity index (χ1v) is 10.7. The van der Waals surface area contributed by atoms with Crippen molar-refractivity contribution in [2.75, 3.05) is 0 Å². The third-order valence-electron chi connectivity index (χ3n) is 3.98. The maximum atomic E-state index is 3.85. The van der Waals surface area contributed by atoms with E-state index in [0.29, 0.717) is 0 Å². The van der Waals surface area contributed by atoms with Gasteiger partial charge < -0.3 is 0 Å². The van der Waals surface area contributed by atoms with Crippen LogP contribution in [-0.2, 0) is 40.0 Å². The number of nitrogens with zero attached hydrogens (tertiary/aromatic N) is 12. The Kier molecular flexibility index (Phi) is 12.1. The summed E-state index contributed by atoms with van der Waals surface area (Å²) in [6.07, 6.45) is 9.60. The Morgan fingerprint density at radius 1 is 0.562 bits per heavy atom. The molecule has 0 bridgehead atoms. The van der Waals surface area contributed by atoms with E-state index in [-0.39, 0.29) is 0 Å². The molecule has 0 aliphatic rings. The monoisotopic (exact) mass is 444 g/mol. The number of hydrogen-bond donors (Lipinski definition) is 0. The second-order valence-corrected chi connectivity index (χ2v) is 6.91. The predicted octanol–water partition coefficient (Wildman–Crippen LogP) is 1.97. The molecule has 4 aromatic heterocycles. The molecule has 0 saturated heterocycles. The van der Waals surface area contributed by atoms with E-state index in [1.54, 1.807) is 18.7 Å². The first-order valence-electron chi connectivity index (χ1n) is 10.7. The molecule has 4 rings (SSSR count). The van der Waals surface area contributed by atoms with Crippen LogP contribution >= 0.6 is 0 Å². The molecule has 0 unspecified atom stereocenters. The van der Waals surface area contributed by atoms with Gasteiger partial charge in [0, 0.05) is 52.0 Å². The van der Waals surface area contributed by atoms with Crippen LogP contribution in [0.15, 0.2) is 24.8 Å². The Hall–Kier alpha value is -3.44. The molecule has 12 heteroatoms. The van der Waals surface area contributed by atoms with Crippen LogP contribution in [0, 0.1) is 13.8 Å². The topological polar surface area (TPSA) is 123 Å². The lowest BCUT2D eigenvalue weighted by Gasteiger charge is -1.85. The van der Waals surface area contributed by atoms with Crippen molar-refractivity contribution in [2.45, 2.75) is 67.5 Å². The lowest BCUT2D eigenvalue weighted by Crippen LogP contribution is -1.93. The summed E-state index contributed by atoms with van der Waals surface area (Å²) in [5.74, 6) is 0. The molecule has 0 fully saturated rings. The molecule has 0 amide bonds. The van der Waals surface area contributed by atoms with E-state index in [4.69, 9.17) is 0 Å². The SMILES string of the molecule is CCc1cn(C)nn1.CCc1cn(C)nn1.CCn1cc(C)nn1.CCn1cc(C)nn1. The van der Waals surface area contributed by atoms with Crippen molar-refractivity contribution >= 4 is 0 Å². The molecule has 12 nitrogen and oxygen atoms in total. The van der Waals surface area contributed by atoms with Crippen molar-refractivity contribution in [3.63, 3.8) is 0 Å². The molecule has 0 aliphatic carbocycles. The number of aromatic nitrogens is 12. The largest absolute Gasteiger partial charge is 0.255 e. The molecular weight excluding hydrogens is 408 g/mol. The second-order valence-electron chi connectivity index (χ2n) is 6.91. The van der Waals surface area contributed by atoms with E-state index in [9.17, 15) is 0 Å². The Morgan fingerprint density at radius 2 is 0.938 bits per heavy atom. The molecule has 0 aromatic carbocycles. The van der Waals surface area contributed by atoms with Crippen LogP contribution in [-0.4, -0.2) is 60.0 Å². The van der Waals surface area contributed by atoms with E-state index < -0.39 is 0 Å². The Morgan fingerprint density at radius 3 is 1.06 bits per heavy atom. The molecule has 0 spiro atoms. The van der Waals surface area contributed by atoms with Crippen LogP contribution < -0.4 is 0 Å². The van der Waals surface area contributed by atoms with Gasteiger partial charge in [0.2, 0.25) is 0 Å². The van der Waals surface area contributed by atoms with Crippen LogP contribution in [0.2, 0.25) is 0 Å². The molecule has 4 aromatic rings. The van der Waals surface area contributed by atoms with Crippen LogP contribution in [0.1, 0.15) is 50.5 Å². The molecule has 0 N–H and O–H groups in total. The highest BCUT2D eigenvalue weighted by Crippen LogP contribution is 1.90. The third-order valence-corrected chi connectivity index (χ3v) is 3.98. The van der Waals surface area contributed by atoms with Crippen molar-refractivity contribution in [3.8, 4) is 0 Å². The van der Waals surface area contributed by atoms with Gasteiger partial charge in [0.05, 0.1) is 22.8 Å². The van der Waals surface area contributed by atoms with E-state index in [1.165, 1.54) is 0 Å². The number of aryl methyl sites for hydroxylation is 8. The smallest absolute Gasteiger partial charge is 0.0824 e. The fourth-order valence-corrected chi connectivity index (χ4v) is 2.21. The zero-order chi connectivity index (χ0) is 23.9. The van der Waals surface area contributed by atoms with Gasteiger partial charge in [-0.15, -0.1) is 20.4 Å². The highest BCUT2D eigenvalue weighted by molar-refractivity contribution is 4.90. The molecule has 176 valence electrons. The third kappa shape index (κ3) is 10.5. The summed E-state index contributed by atoms with van der Waals surface area (Å²) in [4.78, 5) is 0. The number of rotatable bonds is 4. The van der Waals surface area contributed by atoms with Crippen molar-refractivity contribution in [1.29, 1.82) is 0 Å². The van der Waals surface area contributed by atoms with Crippen LogP contribution in [0.5, 0.6) is 0 Å². The lowest BCUT2D eigenvalue weighted by molar-refractivity contribution is 0.626. The molecule has 0 radical (unpaired) electrons. The average molecular weight is 445 g/mol. The highest BCUT2D eigenvalue weighted by atomic mass is 15.4. The maximum absolute atomic E-state index is 3.85. The minimum absolute atomic E-state index is 0.904. The van der Waals surface area contributed by atoms with Crippen LogP contribution in [0.25, 0.3) is 0 Å². The van der Waals surface area contributed by atoms with E-state index in [0.717, 1.165) is 48.7 Å². The van der Waals surface area contributed by atoms with Gasteiger partial charge in [0.15, 0.2) is 0 Å².